The van der Waals surface area contributed by atoms with Gasteiger partial charge in [0.1, 0.15) is 29.4 Å². The molecule has 2 N–H and O–H groups in total. The lowest BCUT2D eigenvalue weighted by Crippen LogP contribution is -2.52. The molecule has 5 rings (SSSR count). The topological polar surface area (TPSA) is 77.2 Å². The Morgan fingerprint density at radius 3 is 2.29 bits per heavy atom. The fourth-order valence-corrected chi connectivity index (χ4v) is 4.20. The highest BCUT2D eigenvalue weighted by Gasteiger charge is 2.24. The molecule has 0 bridgehead atoms. The lowest BCUT2D eigenvalue weighted by molar-refractivity contribution is 0.191. The van der Waals surface area contributed by atoms with Gasteiger partial charge in [0.05, 0.1) is 11.4 Å². The number of nitrogens with zero attached hydrogens (tertiary/aromatic N) is 4. The summed E-state index contributed by atoms with van der Waals surface area (Å²) in [5, 5.41) is 3.86. The summed E-state index contributed by atoms with van der Waals surface area (Å²) in [6.45, 7) is 4.22. The molecule has 174 valence electrons. The number of anilines is 1. The van der Waals surface area contributed by atoms with Crippen LogP contribution in [0.15, 0.2) is 60.9 Å². The van der Waals surface area contributed by atoms with E-state index in [0.717, 1.165) is 28.0 Å². The second kappa shape index (κ2) is 9.09. The maximum absolute atomic E-state index is 13.3. The molecule has 0 unspecified atom stereocenters. The summed E-state index contributed by atoms with van der Waals surface area (Å²) in [5.74, 6) is 0.216. The Morgan fingerprint density at radius 2 is 1.62 bits per heavy atom. The predicted molar refractivity (Wildman–Crippen MR) is 126 cm³/mol. The number of hydrogen-bond donors (Lipinski definition) is 2. The number of benzene rings is 2. The summed E-state index contributed by atoms with van der Waals surface area (Å²) < 4.78 is 26.4. The average Bonchev–Trinajstić information content (AvgIpc) is 3.29. The molecule has 1 saturated heterocycles. The summed E-state index contributed by atoms with van der Waals surface area (Å²) in [7, 11) is 0. The van der Waals surface area contributed by atoms with Crippen molar-refractivity contribution in [1.29, 1.82) is 0 Å². The van der Waals surface area contributed by atoms with Crippen molar-refractivity contribution < 1.29 is 13.6 Å². The number of aromatic nitrogens is 3. The monoisotopic (exact) mass is 462 g/mol. The number of carbonyl (C=O) groups is 1. The van der Waals surface area contributed by atoms with Gasteiger partial charge in [-0.1, -0.05) is 12.1 Å². The van der Waals surface area contributed by atoms with Crippen LogP contribution in [0.3, 0.4) is 0 Å². The minimum atomic E-state index is -0.301. The number of nitrogens with one attached hydrogen (secondary N) is 2. The van der Waals surface area contributed by atoms with Crippen molar-refractivity contribution in [2.45, 2.75) is 13.0 Å². The summed E-state index contributed by atoms with van der Waals surface area (Å²) in [6.07, 6.45) is 1.52. The molecule has 1 atom stereocenters. The first-order chi connectivity index (χ1) is 16.5. The molecular weight excluding hydrogens is 438 g/mol. The number of halogens is 2. The zero-order valence-corrected chi connectivity index (χ0v) is 18.6. The van der Waals surface area contributed by atoms with Crippen LogP contribution >= 0.6 is 0 Å². The van der Waals surface area contributed by atoms with Gasteiger partial charge in [0.25, 0.3) is 0 Å². The van der Waals surface area contributed by atoms with Crippen LogP contribution in [0.1, 0.15) is 18.5 Å². The number of H-pyrrole nitrogens is 1. The van der Waals surface area contributed by atoms with Gasteiger partial charge < -0.3 is 20.1 Å². The second-order valence-electron chi connectivity index (χ2n) is 8.35. The number of urea groups is 1. The molecule has 0 aliphatic carbocycles. The predicted octanol–water partition coefficient (Wildman–Crippen LogP) is 4.50. The lowest BCUT2D eigenvalue weighted by atomic mass is 10.1. The van der Waals surface area contributed by atoms with E-state index in [1.165, 1.54) is 30.6 Å². The Kier molecular flexibility index (Phi) is 5.83. The van der Waals surface area contributed by atoms with Crippen LogP contribution in [-0.4, -0.2) is 52.1 Å². The van der Waals surface area contributed by atoms with E-state index in [1.807, 2.05) is 13.0 Å². The van der Waals surface area contributed by atoms with Crippen molar-refractivity contribution in [3.05, 3.63) is 78.1 Å². The lowest BCUT2D eigenvalue weighted by Gasteiger charge is -2.36. The number of carbonyl (C=O) groups excluding carboxylic acids is 1. The number of hydrogen-bond acceptors (Lipinski definition) is 4. The quantitative estimate of drug-likeness (QED) is 0.468. The van der Waals surface area contributed by atoms with E-state index < -0.39 is 0 Å². The fourth-order valence-electron chi connectivity index (χ4n) is 4.20. The van der Waals surface area contributed by atoms with Crippen molar-refractivity contribution in [1.82, 2.24) is 25.2 Å². The van der Waals surface area contributed by atoms with Crippen LogP contribution in [0.5, 0.6) is 0 Å². The highest BCUT2D eigenvalue weighted by molar-refractivity contribution is 5.92. The van der Waals surface area contributed by atoms with Gasteiger partial charge in [-0.15, -0.1) is 0 Å². The molecule has 0 saturated carbocycles. The van der Waals surface area contributed by atoms with Gasteiger partial charge in [-0.25, -0.2) is 23.5 Å². The second-order valence-corrected chi connectivity index (χ2v) is 8.35. The molecular formula is C25H24F2N6O. The summed E-state index contributed by atoms with van der Waals surface area (Å²) in [6, 6.07) is 14.0. The maximum atomic E-state index is 13.3. The van der Waals surface area contributed by atoms with Gasteiger partial charge in [-0.2, -0.15) is 0 Å². The summed E-state index contributed by atoms with van der Waals surface area (Å²) in [4.78, 5) is 28.8. The van der Waals surface area contributed by atoms with E-state index in [4.69, 9.17) is 0 Å². The summed E-state index contributed by atoms with van der Waals surface area (Å²) in [5.41, 5.74) is 3.26. The number of fused-ring (bicyclic) bond motifs is 1. The zero-order valence-electron chi connectivity index (χ0n) is 18.6. The van der Waals surface area contributed by atoms with Crippen molar-refractivity contribution in [3.63, 3.8) is 0 Å². The molecule has 1 aliphatic heterocycles. The van der Waals surface area contributed by atoms with Gasteiger partial charge in [0.15, 0.2) is 0 Å². The molecule has 1 aliphatic rings. The van der Waals surface area contributed by atoms with Crippen molar-refractivity contribution in [2.24, 2.45) is 0 Å². The normalized spacial score (nSPS) is 14.9. The Labute approximate surface area is 195 Å². The Hall–Kier alpha value is -4.01. The number of aromatic amines is 1. The molecule has 7 nitrogen and oxygen atoms in total. The number of piperazine rings is 1. The van der Waals surface area contributed by atoms with E-state index in [1.54, 1.807) is 29.2 Å². The van der Waals surface area contributed by atoms with E-state index in [9.17, 15) is 13.6 Å². The fraction of sp³-hybridized carbons (Fsp3) is 0.240. The SMILES string of the molecule is C[C@H](NC(=O)N1CCN(c2ncnc3[nH]c(-c4ccc(F)cc4)cc23)CC1)c1ccc(F)cc1. The van der Waals surface area contributed by atoms with Gasteiger partial charge in [-0.05, 0) is 60.5 Å². The van der Waals surface area contributed by atoms with Gasteiger partial charge in [-0.3, -0.25) is 0 Å². The zero-order chi connectivity index (χ0) is 23.7. The molecule has 2 aromatic heterocycles. The molecule has 3 heterocycles. The molecule has 1 fully saturated rings. The van der Waals surface area contributed by atoms with Crippen molar-refractivity contribution in [2.75, 3.05) is 31.1 Å². The van der Waals surface area contributed by atoms with E-state index >= 15 is 0 Å². The van der Waals surface area contributed by atoms with Crippen LogP contribution in [0.2, 0.25) is 0 Å². The minimum Gasteiger partial charge on any atom is -0.352 e. The third-order valence-electron chi connectivity index (χ3n) is 6.14. The van der Waals surface area contributed by atoms with E-state index in [0.29, 0.717) is 31.8 Å². The van der Waals surface area contributed by atoms with Gasteiger partial charge >= 0.3 is 6.03 Å². The Bertz CT molecular complexity index is 1300. The number of rotatable bonds is 4. The van der Waals surface area contributed by atoms with Gasteiger partial charge in [0, 0.05) is 31.9 Å². The van der Waals surface area contributed by atoms with Crippen LogP contribution in [0, 0.1) is 11.6 Å². The minimum absolute atomic E-state index is 0.149. The average molecular weight is 463 g/mol. The van der Waals surface area contributed by atoms with Gasteiger partial charge in [0.2, 0.25) is 0 Å². The van der Waals surface area contributed by atoms with Crippen LogP contribution < -0.4 is 10.2 Å². The first-order valence-electron chi connectivity index (χ1n) is 11.1. The first kappa shape index (κ1) is 21.8. The molecule has 34 heavy (non-hydrogen) atoms. The molecule has 2 aromatic carbocycles. The highest BCUT2D eigenvalue weighted by Crippen LogP contribution is 2.29. The summed E-state index contributed by atoms with van der Waals surface area (Å²) >= 11 is 0. The van der Waals surface area contributed by atoms with E-state index in [-0.39, 0.29) is 23.7 Å². The Morgan fingerprint density at radius 1 is 0.971 bits per heavy atom. The largest absolute Gasteiger partial charge is 0.352 e. The maximum Gasteiger partial charge on any atom is 0.317 e. The van der Waals surface area contributed by atoms with Crippen LogP contribution in [0.25, 0.3) is 22.3 Å². The molecule has 0 spiro atoms. The van der Waals surface area contributed by atoms with E-state index in [2.05, 4.69) is 25.2 Å². The van der Waals surface area contributed by atoms with Crippen LogP contribution in [0.4, 0.5) is 19.4 Å². The molecule has 2 amide bonds. The molecule has 4 aromatic rings. The standard InChI is InChI=1S/C25H24F2N6O/c1-16(17-2-6-19(26)7-3-17)30-25(34)33-12-10-32(11-13-33)24-21-14-22(31-23(21)28-15-29-24)18-4-8-20(27)9-5-18/h2-9,14-16H,10-13H2,1H3,(H,30,34)(H,28,29,31)/t16-/m0/s1. The Balaban J connectivity index is 1.26. The molecule has 9 heteroatoms. The number of amides is 2. The molecule has 0 radical (unpaired) electrons. The third kappa shape index (κ3) is 4.41. The smallest absolute Gasteiger partial charge is 0.317 e. The third-order valence-corrected chi connectivity index (χ3v) is 6.14. The van der Waals surface area contributed by atoms with Crippen molar-refractivity contribution >= 4 is 22.9 Å². The first-order valence-corrected chi connectivity index (χ1v) is 11.1. The van der Waals surface area contributed by atoms with Crippen LogP contribution in [-0.2, 0) is 0 Å². The highest BCUT2D eigenvalue weighted by atomic mass is 19.1. The van der Waals surface area contributed by atoms with Crippen molar-refractivity contribution in [3.8, 4) is 11.3 Å².